The third-order valence-electron chi connectivity index (χ3n) is 4.20. The summed E-state index contributed by atoms with van der Waals surface area (Å²) < 4.78 is 15.6. The predicted octanol–water partition coefficient (Wildman–Crippen LogP) is 2.71. The molecule has 0 heterocycles. The molecule has 1 saturated carbocycles. The molecular weight excluding hydrogens is 322 g/mol. The van der Waals surface area contributed by atoms with Crippen LogP contribution in [0.1, 0.15) is 38.2 Å². The van der Waals surface area contributed by atoms with E-state index in [0.29, 0.717) is 17.1 Å². The molecule has 1 N–H and O–H groups in total. The number of benzene rings is 1. The normalized spacial score (nSPS) is 15.8. The van der Waals surface area contributed by atoms with Crippen LogP contribution in [0.25, 0.3) is 6.08 Å². The van der Waals surface area contributed by atoms with Crippen LogP contribution in [0.4, 0.5) is 0 Å². The molecule has 0 bridgehead atoms. The molecule has 1 amide bonds. The van der Waals surface area contributed by atoms with Gasteiger partial charge in [-0.05, 0) is 38.0 Å². The smallest absolute Gasteiger partial charge is 0.331 e. The van der Waals surface area contributed by atoms with Crippen LogP contribution in [0.5, 0.6) is 11.5 Å². The van der Waals surface area contributed by atoms with Crippen LogP contribution in [0.3, 0.4) is 0 Å². The van der Waals surface area contributed by atoms with E-state index in [0.717, 1.165) is 25.7 Å². The summed E-state index contributed by atoms with van der Waals surface area (Å²) in [6, 6.07) is 5.47. The van der Waals surface area contributed by atoms with Crippen LogP contribution in [0.2, 0.25) is 0 Å². The second-order valence-corrected chi connectivity index (χ2v) is 6.01. The average Bonchev–Trinajstić information content (AvgIpc) is 3.12. The van der Waals surface area contributed by atoms with E-state index in [-0.39, 0.29) is 11.9 Å². The average molecular weight is 347 g/mol. The fraction of sp³-hybridized carbons (Fsp3) is 0.474. The first-order chi connectivity index (χ1) is 12.0. The molecule has 0 radical (unpaired) electrons. The Hall–Kier alpha value is -2.50. The zero-order chi connectivity index (χ0) is 18.2. The number of hydrogen-bond donors (Lipinski definition) is 1. The van der Waals surface area contributed by atoms with Gasteiger partial charge in [-0.2, -0.15) is 0 Å². The molecule has 136 valence electrons. The Morgan fingerprint density at radius 1 is 1.20 bits per heavy atom. The molecule has 0 unspecified atom stereocenters. The van der Waals surface area contributed by atoms with E-state index >= 15 is 0 Å². The summed E-state index contributed by atoms with van der Waals surface area (Å²) in [4.78, 5) is 24.0. The number of hydrogen-bond acceptors (Lipinski definition) is 5. The van der Waals surface area contributed by atoms with Gasteiger partial charge in [0.25, 0.3) is 5.91 Å². The molecule has 6 nitrogen and oxygen atoms in total. The lowest BCUT2D eigenvalue weighted by Gasteiger charge is -2.16. The van der Waals surface area contributed by atoms with Crippen molar-refractivity contribution < 1.29 is 23.8 Å². The van der Waals surface area contributed by atoms with Gasteiger partial charge in [-0.3, -0.25) is 4.79 Å². The minimum atomic E-state index is -0.824. The van der Waals surface area contributed by atoms with E-state index in [1.165, 1.54) is 6.08 Å². The summed E-state index contributed by atoms with van der Waals surface area (Å²) in [7, 11) is 3.11. The first-order valence-electron chi connectivity index (χ1n) is 8.44. The monoisotopic (exact) mass is 347 g/mol. The Morgan fingerprint density at radius 3 is 2.56 bits per heavy atom. The van der Waals surface area contributed by atoms with Gasteiger partial charge in [0, 0.05) is 23.7 Å². The highest BCUT2D eigenvalue weighted by Crippen LogP contribution is 2.25. The minimum absolute atomic E-state index is 0.202. The standard InChI is InChI=1S/C19H25NO5/c1-13(19(22)20-15-6-4-5-7-15)25-18(21)11-9-14-8-10-16(23-2)12-17(14)24-3/h8-13,15H,4-7H2,1-3H3,(H,20,22)/b11-9+/t13-/m0/s1. The molecule has 0 aliphatic heterocycles. The van der Waals surface area contributed by atoms with Gasteiger partial charge in [-0.1, -0.05) is 12.8 Å². The van der Waals surface area contributed by atoms with E-state index in [4.69, 9.17) is 14.2 Å². The van der Waals surface area contributed by atoms with Crippen LogP contribution < -0.4 is 14.8 Å². The largest absolute Gasteiger partial charge is 0.497 e. The van der Waals surface area contributed by atoms with Gasteiger partial charge in [0.05, 0.1) is 14.2 Å². The van der Waals surface area contributed by atoms with Gasteiger partial charge in [0.1, 0.15) is 11.5 Å². The first kappa shape index (κ1) is 18.8. The molecule has 0 spiro atoms. The SMILES string of the molecule is COc1ccc(/C=C/C(=O)O[C@@H](C)C(=O)NC2CCCC2)c(OC)c1. The highest BCUT2D eigenvalue weighted by atomic mass is 16.5. The molecule has 6 heteroatoms. The number of amides is 1. The van der Waals surface area contributed by atoms with Crippen LogP contribution in [0.15, 0.2) is 24.3 Å². The van der Waals surface area contributed by atoms with E-state index < -0.39 is 12.1 Å². The highest BCUT2D eigenvalue weighted by molar-refractivity contribution is 5.90. The molecule has 1 fully saturated rings. The Kier molecular flexibility index (Phi) is 6.86. The van der Waals surface area contributed by atoms with Crippen LogP contribution in [-0.4, -0.2) is 38.2 Å². The topological polar surface area (TPSA) is 73.9 Å². The molecule has 0 saturated heterocycles. The van der Waals surface area contributed by atoms with E-state index in [1.807, 2.05) is 0 Å². The second kappa shape index (κ2) is 9.11. The van der Waals surface area contributed by atoms with Gasteiger partial charge in [0.2, 0.25) is 0 Å². The van der Waals surface area contributed by atoms with Crippen molar-refractivity contribution in [1.82, 2.24) is 5.32 Å². The summed E-state index contributed by atoms with van der Waals surface area (Å²) in [5.74, 6) is 0.409. The predicted molar refractivity (Wildman–Crippen MR) is 94.5 cm³/mol. The van der Waals surface area contributed by atoms with Gasteiger partial charge in [-0.25, -0.2) is 4.79 Å². The summed E-state index contributed by atoms with van der Waals surface area (Å²) in [6.45, 7) is 1.57. The van der Waals surface area contributed by atoms with E-state index in [9.17, 15) is 9.59 Å². The van der Waals surface area contributed by atoms with Crippen molar-refractivity contribution >= 4 is 18.0 Å². The van der Waals surface area contributed by atoms with Crippen molar-refractivity contribution in [2.75, 3.05) is 14.2 Å². The maximum atomic E-state index is 12.0. The lowest BCUT2D eigenvalue weighted by Crippen LogP contribution is -2.40. The van der Waals surface area contributed by atoms with Crippen molar-refractivity contribution in [2.45, 2.75) is 44.8 Å². The van der Waals surface area contributed by atoms with Crippen LogP contribution in [0, 0.1) is 0 Å². The van der Waals surface area contributed by atoms with Crippen LogP contribution >= 0.6 is 0 Å². The van der Waals surface area contributed by atoms with Crippen molar-refractivity contribution in [2.24, 2.45) is 0 Å². The summed E-state index contributed by atoms with van der Waals surface area (Å²) in [6.07, 6.45) is 6.28. The zero-order valence-electron chi connectivity index (χ0n) is 14.9. The van der Waals surface area contributed by atoms with Crippen molar-refractivity contribution in [1.29, 1.82) is 0 Å². The fourth-order valence-electron chi connectivity index (χ4n) is 2.77. The second-order valence-electron chi connectivity index (χ2n) is 6.01. The Labute approximate surface area is 148 Å². The summed E-state index contributed by atoms with van der Waals surface area (Å²) in [5, 5.41) is 2.91. The number of carbonyl (C=O) groups is 2. The number of esters is 1. The quantitative estimate of drug-likeness (QED) is 0.606. The number of methoxy groups -OCH3 is 2. The maximum absolute atomic E-state index is 12.0. The third-order valence-corrected chi connectivity index (χ3v) is 4.20. The summed E-state index contributed by atoms with van der Waals surface area (Å²) in [5.41, 5.74) is 0.711. The number of rotatable bonds is 7. The van der Waals surface area contributed by atoms with E-state index in [2.05, 4.69) is 5.32 Å². The van der Waals surface area contributed by atoms with Gasteiger partial charge < -0.3 is 19.5 Å². The lowest BCUT2D eigenvalue weighted by molar-refractivity contribution is -0.150. The van der Waals surface area contributed by atoms with Crippen LogP contribution in [-0.2, 0) is 14.3 Å². The van der Waals surface area contributed by atoms with E-state index in [1.54, 1.807) is 45.4 Å². The molecular formula is C19H25NO5. The Balaban J connectivity index is 1.90. The molecule has 2 rings (SSSR count). The number of ether oxygens (including phenoxy) is 3. The number of carbonyl (C=O) groups excluding carboxylic acids is 2. The van der Waals surface area contributed by atoms with Crippen molar-refractivity contribution in [3.8, 4) is 11.5 Å². The van der Waals surface area contributed by atoms with Crippen molar-refractivity contribution in [3.63, 3.8) is 0 Å². The zero-order valence-corrected chi connectivity index (χ0v) is 14.9. The summed E-state index contributed by atoms with van der Waals surface area (Å²) >= 11 is 0. The first-order valence-corrected chi connectivity index (χ1v) is 8.44. The molecule has 1 aliphatic rings. The maximum Gasteiger partial charge on any atom is 0.331 e. The molecule has 1 aliphatic carbocycles. The molecule has 25 heavy (non-hydrogen) atoms. The molecule has 0 aromatic heterocycles. The molecule has 1 aromatic carbocycles. The van der Waals surface area contributed by atoms with Gasteiger partial charge in [-0.15, -0.1) is 0 Å². The fourth-order valence-corrected chi connectivity index (χ4v) is 2.77. The van der Waals surface area contributed by atoms with Gasteiger partial charge in [0.15, 0.2) is 6.10 Å². The molecule has 1 aromatic rings. The Bertz CT molecular complexity index is 635. The third kappa shape index (κ3) is 5.52. The Morgan fingerprint density at radius 2 is 1.92 bits per heavy atom. The lowest BCUT2D eigenvalue weighted by atomic mass is 10.1. The minimum Gasteiger partial charge on any atom is -0.497 e. The molecule has 1 atom stereocenters. The van der Waals surface area contributed by atoms with Crippen molar-refractivity contribution in [3.05, 3.63) is 29.8 Å². The number of nitrogens with one attached hydrogen (secondary N) is 1. The van der Waals surface area contributed by atoms with Gasteiger partial charge >= 0.3 is 5.97 Å². The highest BCUT2D eigenvalue weighted by Gasteiger charge is 2.22.